The molecule has 0 heterocycles. The van der Waals surface area contributed by atoms with Crippen molar-refractivity contribution < 1.29 is 14.3 Å². The number of carbonyl (C=O) groups excluding carboxylic acids is 2. The van der Waals surface area contributed by atoms with Gasteiger partial charge in [-0.2, -0.15) is 0 Å². The normalized spacial score (nSPS) is 12.2. The van der Waals surface area contributed by atoms with Gasteiger partial charge in [0.15, 0.2) is 6.61 Å². The lowest BCUT2D eigenvalue weighted by atomic mass is 10.1. The van der Waals surface area contributed by atoms with Crippen LogP contribution in [0, 0.1) is 20.8 Å². The van der Waals surface area contributed by atoms with Gasteiger partial charge in [-0.15, -0.1) is 0 Å². The van der Waals surface area contributed by atoms with Crippen molar-refractivity contribution in [2.45, 2.75) is 73.0 Å². The summed E-state index contributed by atoms with van der Waals surface area (Å²) in [6.45, 7) is 14.0. The van der Waals surface area contributed by atoms with Crippen LogP contribution in [0.3, 0.4) is 0 Å². The second kappa shape index (κ2) is 10.5. The Morgan fingerprint density at radius 3 is 2.19 bits per heavy atom. The third-order valence-electron chi connectivity index (χ3n) is 5.20. The molecule has 31 heavy (non-hydrogen) atoms. The molecule has 1 N–H and O–H groups in total. The van der Waals surface area contributed by atoms with Crippen LogP contribution in [0.15, 0.2) is 42.5 Å². The zero-order chi connectivity index (χ0) is 23.2. The lowest BCUT2D eigenvalue weighted by Gasteiger charge is -2.33. The van der Waals surface area contributed by atoms with Gasteiger partial charge in [0.25, 0.3) is 5.91 Å². The number of nitrogens with one attached hydrogen (secondary N) is 1. The summed E-state index contributed by atoms with van der Waals surface area (Å²) in [5.74, 6) is 0.287. The molecule has 0 unspecified atom stereocenters. The number of ether oxygens (including phenoxy) is 1. The summed E-state index contributed by atoms with van der Waals surface area (Å²) in [6, 6.07) is 13.2. The minimum Gasteiger partial charge on any atom is -0.484 e. The van der Waals surface area contributed by atoms with Gasteiger partial charge in [0.1, 0.15) is 11.8 Å². The molecule has 0 aliphatic heterocycles. The summed E-state index contributed by atoms with van der Waals surface area (Å²) in [5.41, 5.74) is 4.03. The fourth-order valence-corrected chi connectivity index (χ4v) is 3.29. The van der Waals surface area contributed by atoms with Crippen LogP contribution >= 0.6 is 0 Å². The Hall–Kier alpha value is -2.82. The van der Waals surface area contributed by atoms with Gasteiger partial charge < -0.3 is 15.0 Å². The molecular formula is C26H36N2O3. The number of nitrogens with zero attached hydrogens (tertiary/aromatic N) is 1. The standard InChI is InChI=1S/C26H36N2O3/c1-8-23(25(30)27-26(5,6)7)28(16-21-12-9-18(2)10-13-21)24(29)17-31-22-14-11-19(3)20(4)15-22/h9-15,23H,8,16-17H2,1-7H3,(H,27,30)/t23-/m0/s1. The SMILES string of the molecule is CC[C@@H](C(=O)NC(C)(C)C)N(Cc1ccc(C)cc1)C(=O)COc1ccc(C)c(C)c1. The van der Waals surface area contributed by atoms with Crippen molar-refractivity contribution in [3.63, 3.8) is 0 Å². The van der Waals surface area contributed by atoms with Crippen LogP contribution in [-0.2, 0) is 16.1 Å². The molecule has 5 nitrogen and oxygen atoms in total. The van der Waals surface area contributed by atoms with Gasteiger partial charge in [0.2, 0.25) is 5.91 Å². The first-order valence-electron chi connectivity index (χ1n) is 10.9. The molecule has 1 atom stereocenters. The van der Waals surface area contributed by atoms with Crippen molar-refractivity contribution in [2.75, 3.05) is 6.61 Å². The van der Waals surface area contributed by atoms with Crippen LogP contribution < -0.4 is 10.1 Å². The van der Waals surface area contributed by atoms with Crippen LogP contribution in [0.1, 0.15) is 56.4 Å². The third kappa shape index (κ3) is 7.42. The largest absolute Gasteiger partial charge is 0.484 e. The highest BCUT2D eigenvalue weighted by atomic mass is 16.5. The average molecular weight is 425 g/mol. The van der Waals surface area contributed by atoms with Gasteiger partial charge in [-0.25, -0.2) is 0 Å². The first kappa shape index (κ1) is 24.4. The zero-order valence-corrected chi connectivity index (χ0v) is 19.9. The number of aryl methyl sites for hydroxylation is 3. The maximum Gasteiger partial charge on any atom is 0.261 e. The van der Waals surface area contributed by atoms with E-state index in [1.165, 1.54) is 5.56 Å². The first-order valence-corrected chi connectivity index (χ1v) is 10.9. The summed E-state index contributed by atoms with van der Waals surface area (Å²) in [4.78, 5) is 27.9. The third-order valence-corrected chi connectivity index (χ3v) is 5.20. The van der Waals surface area contributed by atoms with E-state index < -0.39 is 6.04 Å². The molecule has 0 aliphatic rings. The van der Waals surface area contributed by atoms with E-state index >= 15 is 0 Å². The Morgan fingerprint density at radius 2 is 1.65 bits per heavy atom. The Kier molecular flexibility index (Phi) is 8.26. The quantitative estimate of drug-likeness (QED) is 0.667. The molecule has 0 bridgehead atoms. The van der Waals surface area contributed by atoms with Gasteiger partial charge in [-0.1, -0.05) is 42.8 Å². The lowest BCUT2D eigenvalue weighted by molar-refractivity contribution is -0.143. The summed E-state index contributed by atoms with van der Waals surface area (Å²) in [5, 5.41) is 3.01. The van der Waals surface area contributed by atoms with Crippen molar-refractivity contribution >= 4 is 11.8 Å². The Bertz CT molecular complexity index is 898. The van der Waals surface area contributed by atoms with E-state index in [1.54, 1.807) is 4.90 Å². The Labute approximate surface area is 186 Å². The topological polar surface area (TPSA) is 58.6 Å². The smallest absolute Gasteiger partial charge is 0.261 e. The van der Waals surface area contributed by atoms with E-state index in [0.717, 1.165) is 16.7 Å². The highest BCUT2D eigenvalue weighted by molar-refractivity contribution is 5.88. The van der Waals surface area contributed by atoms with Gasteiger partial charge >= 0.3 is 0 Å². The molecule has 2 aromatic carbocycles. The molecule has 0 saturated carbocycles. The Balaban J connectivity index is 2.23. The van der Waals surface area contributed by atoms with Gasteiger partial charge in [-0.3, -0.25) is 9.59 Å². The minimum absolute atomic E-state index is 0.117. The molecule has 2 aromatic rings. The fraction of sp³-hybridized carbons (Fsp3) is 0.462. The lowest BCUT2D eigenvalue weighted by Crippen LogP contribution is -2.54. The highest BCUT2D eigenvalue weighted by Gasteiger charge is 2.30. The van der Waals surface area contributed by atoms with E-state index in [1.807, 2.05) is 90.9 Å². The molecule has 0 fully saturated rings. The molecule has 5 heteroatoms. The van der Waals surface area contributed by atoms with E-state index in [4.69, 9.17) is 4.74 Å². The van der Waals surface area contributed by atoms with Crippen LogP contribution in [0.5, 0.6) is 5.75 Å². The maximum atomic E-state index is 13.2. The molecule has 0 spiro atoms. The van der Waals surface area contributed by atoms with Crippen LogP contribution in [0.4, 0.5) is 0 Å². The van der Waals surface area contributed by atoms with Crippen molar-refractivity contribution in [1.29, 1.82) is 0 Å². The number of hydrogen-bond donors (Lipinski definition) is 1. The summed E-state index contributed by atoms with van der Waals surface area (Å²) in [7, 11) is 0. The summed E-state index contributed by atoms with van der Waals surface area (Å²) >= 11 is 0. The number of benzene rings is 2. The van der Waals surface area contributed by atoms with E-state index in [0.29, 0.717) is 18.7 Å². The molecule has 2 amide bonds. The van der Waals surface area contributed by atoms with Crippen molar-refractivity contribution in [3.8, 4) is 5.75 Å². The fourth-order valence-electron chi connectivity index (χ4n) is 3.29. The van der Waals surface area contributed by atoms with Crippen molar-refractivity contribution in [1.82, 2.24) is 10.2 Å². The van der Waals surface area contributed by atoms with Gasteiger partial charge in [-0.05, 0) is 76.8 Å². The average Bonchev–Trinajstić information content (AvgIpc) is 2.68. The molecule has 0 radical (unpaired) electrons. The second-order valence-electron chi connectivity index (χ2n) is 9.21. The highest BCUT2D eigenvalue weighted by Crippen LogP contribution is 2.18. The minimum atomic E-state index is -0.573. The van der Waals surface area contributed by atoms with Crippen molar-refractivity contribution in [3.05, 3.63) is 64.7 Å². The molecule has 2 rings (SSSR count). The van der Waals surface area contributed by atoms with E-state index in [9.17, 15) is 9.59 Å². The monoisotopic (exact) mass is 424 g/mol. The second-order valence-corrected chi connectivity index (χ2v) is 9.21. The van der Waals surface area contributed by atoms with Gasteiger partial charge in [0, 0.05) is 12.1 Å². The number of amides is 2. The number of rotatable bonds is 8. The number of carbonyl (C=O) groups is 2. The van der Waals surface area contributed by atoms with Crippen LogP contribution in [0.25, 0.3) is 0 Å². The summed E-state index contributed by atoms with van der Waals surface area (Å²) in [6.07, 6.45) is 0.517. The predicted octanol–water partition coefficient (Wildman–Crippen LogP) is 4.71. The zero-order valence-electron chi connectivity index (χ0n) is 19.9. The van der Waals surface area contributed by atoms with E-state index in [2.05, 4.69) is 5.32 Å². The first-order chi connectivity index (χ1) is 14.5. The predicted molar refractivity (Wildman–Crippen MR) is 125 cm³/mol. The molecule has 0 saturated heterocycles. The van der Waals surface area contributed by atoms with Crippen LogP contribution in [0.2, 0.25) is 0 Å². The van der Waals surface area contributed by atoms with Crippen molar-refractivity contribution in [2.24, 2.45) is 0 Å². The Morgan fingerprint density at radius 1 is 1.00 bits per heavy atom. The van der Waals surface area contributed by atoms with Crippen LogP contribution in [-0.4, -0.2) is 34.9 Å². The van der Waals surface area contributed by atoms with Gasteiger partial charge in [0.05, 0.1) is 0 Å². The number of hydrogen-bond acceptors (Lipinski definition) is 3. The molecule has 0 aliphatic carbocycles. The molecule has 0 aromatic heterocycles. The maximum absolute atomic E-state index is 13.2. The van der Waals surface area contributed by atoms with E-state index in [-0.39, 0.29) is 24.0 Å². The summed E-state index contributed by atoms with van der Waals surface area (Å²) < 4.78 is 5.79. The molecular weight excluding hydrogens is 388 g/mol. The molecule has 168 valence electrons.